The van der Waals surface area contributed by atoms with Crippen molar-refractivity contribution in [1.29, 1.82) is 0 Å². The molecule has 3 unspecified atom stereocenters. The van der Waals surface area contributed by atoms with E-state index in [4.69, 9.17) is 0 Å². The molecule has 1 N–H and O–H groups in total. The highest BCUT2D eigenvalue weighted by Gasteiger charge is 2.17. The summed E-state index contributed by atoms with van der Waals surface area (Å²) in [6.07, 6.45) is 7.94. The fourth-order valence-corrected chi connectivity index (χ4v) is 1.64. The van der Waals surface area contributed by atoms with Crippen molar-refractivity contribution < 1.29 is 5.11 Å². The van der Waals surface area contributed by atoms with Crippen molar-refractivity contribution in [1.82, 2.24) is 0 Å². The number of rotatable bonds is 2. The molecule has 0 saturated heterocycles. The van der Waals surface area contributed by atoms with E-state index in [-0.39, 0.29) is 6.10 Å². The zero-order chi connectivity index (χ0) is 8.27. The monoisotopic (exact) mass is 154 g/mol. The second-order valence-corrected chi connectivity index (χ2v) is 3.54. The van der Waals surface area contributed by atoms with Crippen LogP contribution in [0.1, 0.15) is 33.1 Å². The Labute approximate surface area is 69.1 Å². The standard InChI is InChI=1S/C10H18O/c1-3-9-4-6-10(7-5-9)8(2)11/h4,6,8-11H,3,5,7H2,1-2H3. The molecule has 11 heavy (non-hydrogen) atoms. The summed E-state index contributed by atoms with van der Waals surface area (Å²) < 4.78 is 0. The van der Waals surface area contributed by atoms with Crippen molar-refractivity contribution in [2.45, 2.75) is 39.2 Å². The summed E-state index contributed by atoms with van der Waals surface area (Å²) in [6.45, 7) is 4.10. The van der Waals surface area contributed by atoms with Gasteiger partial charge in [-0.3, -0.25) is 0 Å². The molecule has 0 amide bonds. The number of hydrogen-bond donors (Lipinski definition) is 1. The quantitative estimate of drug-likeness (QED) is 0.605. The highest BCUT2D eigenvalue weighted by molar-refractivity contribution is 4.99. The van der Waals surface area contributed by atoms with Crippen molar-refractivity contribution in [2.75, 3.05) is 0 Å². The van der Waals surface area contributed by atoms with Crippen LogP contribution >= 0.6 is 0 Å². The van der Waals surface area contributed by atoms with E-state index in [1.165, 1.54) is 12.8 Å². The summed E-state index contributed by atoms with van der Waals surface area (Å²) in [4.78, 5) is 0. The van der Waals surface area contributed by atoms with E-state index < -0.39 is 0 Å². The van der Waals surface area contributed by atoms with E-state index in [0.717, 1.165) is 12.3 Å². The van der Waals surface area contributed by atoms with Gasteiger partial charge in [0, 0.05) is 5.92 Å². The van der Waals surface area contributed by atoms with Crippen LogP contribution in [-0.4, -0.2) is 11.2 Å². The fraction of sp³-hybridized carbons (Fsp3) is 0.800. The van der Waals surface area contributed by atoms with Crippen LogP contribution in [0.2, 0.25) is 0 Å². The third-order valence-corrected chi connectivity index (χ3v) is 2.65. The second kappa shape index (κ2) is 3.91. The molecule has 1 heteroatoms. The molecule has 0 fully saturated rings. The number of allylic oxidation sites excluding steroid dienone is 1. The molecule has 0 spiro atoms. The summed E-state index contributed by atoms with van der Waals surface area (Å²) >= 11 is 0. The normalized spacial score (nSPS) is 33.7. The lowest BCUT2D eigenvalue weighted by Crippen LogP contribution is -2.18. The van der Waals surface area contributed by atoms with Gasteiger partial charge in [-0.25, -0.2) is 0 Å². The van der Waals surface area contributed by atoms with Crippen LogP contribution in [0, 0.1) is 11.8 Å². The minimum atomic E-state index is -0.163. The van der Waals surface area contributed by atoms with Gasteiger partial charge >= 0.3 is 0 Å². The summed E-state index contributed by atoms with van der Waals surface area (Å²) in [7, 11) is 0. The van der Waals surface area contributed by atoms with Crippen molar-refractivity contribution in [2.24, 2.45) is 11.8 Å². The van der Waals surface area contributed by atoms with Gasteiger partial charge in [0.1, 0.15) is 0 Å². The van der Waals surface area contributed by atoms with Gasteiger partial charge in [0.05, 0.1) is 6.10 Å². The van der Waals surface area contributed by atoms with E-state index in [1.54, 1.807) is 0 Å². The first-order valence-corrected chi connectivity index (χ1v) is 4.60. The highest BCUT2D eigenvalue weighted by Crippen LogP contribution is 2.26. The second-order valence-electron chi connectivity index (χ2n) is 3.54. The molecule has 0 bridgehead atoms. The molecule has 0 aromatic rings. The molecule has 1 rings (SSSR count). The maximum atomic E-state index is 9.28. The van der Waals surface area contributed by atoms with Gasteiger partial charge in [0.2, 0.25) is 0 Å². The van der Waals surface area contributed by atoms with Crippen molar-refractivity contribution in [3.8, 4) is 0 Å². The lowest BCUT2D eigenvalue weighted by molar-refractivity contribution is 0.137. The SMILES string of the molecule is CCC1C=CC(C(C)O)CC1. The highest BCUT2D eigenvalue weighted by atomic mass is 16.3. The Balaban J connectivity index is 2.42. The van der Waals surface area contributed by atoms with Gasteiger partial charge in [0.15, 0.2) is 0 Å². The Kier molecular flexibility index (Phi) is 3.13. The summed E-state index contributed by atoms with van der Waals surface area (Å²) in [5, 5.41) is 9.28. The fourth-order valence-electron chi connectivity index (χ4n) is 1.64. The predicted molar refractivity (Wildman–Crippen MR) is 47.3 cm³/mol. The van der Waals surface area contributed by atoms with Gasteiger partial charge in [-0.1, -0.05) is 19.1 Å². The zero-order valence-electron chi connectivity index (χ0n) is 7.46. The lowest BCUT2D eigenvalue weighted by Gasteiger charge is -2.23. The maximum Gasteiger partial charge on any atom is 0.0574 e. The first-order valence-electron chi connectivity index (χ1n) is 4.60. The average molecular weight is 154 g/mol. The van der Waals surface area contributed by atoms with Crippen LogP contribution in [0.4, 0.5) is 0 Å². The molecule has 1 aliphatic carbocycles. The minimum Gasteiger partial charge on any atom is -0.393 e. The number of aliphatic hydroxyl groups is 1. The molecular weight excluding hydrogens is 136 g/mol. The predicted octanol–water partition coefficient (Wildman–Crippen LogP) is 2.36. The minimum absolute atomic E-state index is 0.163. The smallest absolute Gasteiger partial charge is 0.0574 e. The molecule has 64 valence electrons. The van der Waals surface area contributed by atoms with Crippen LogP contribution in [0.3, 0.4) is 0 Å². The third-order valence-electron chi connectivity index (χ3n) is 2.65. The molecule has 0 aliphatic heterocycles. The van der Waals surface area contributed by atoms with E-state index >= 15 is 0 Å². The lowest BCUT2D eigenvalue weighted by atomic mass is 9.85. The summed E-state index contributed by atoms with van der Waals surface area (Å²) in [6, 6.07) is 0. The number of hydrogen-bond acceptors (Lipinski definition) is 1. The van der Waals surface area contributed by atoms with Crippen LogP contribution < -0.4 is 0 Å². The van der Waals surface area contributed by atoms with E-state index in [0.29, 0.717) is 5.92 Å². The average Bonchev–Trinajstić information content (AvgIpc) is 2.05. The van der Waals surface area contributed by atoms with Gasteiger partial charge in [-0.05, 0) is 32.1 Å². The van der Waals surface area contributed by atoms with Gasteiger partial charge in [0.25, 0.3) is 0 Å². The maximum absolute atomic E-state index is 9.28. The number of aliphatic hydroxyl groups excluding tert-OH is 1. The Hall–Kier alpha value is -0.300. The third kappa shape index (κ3) is 2.33. The molecule has 3 atom stereocenters. The summed E-state index contributed by atoms with van der Waals surface area (Å²) in [5.41, 5.74) is 0. The molecule has 0 aromatic heterocycles. The Morgan fingerprint density at radius 1 is 1.45 bits per heavy atom. The van der Waals surface area contributed by atoms with Gasteiger partial charge in [-0.2, -0.15) is 0 Å². The molecule has 0 radical (unpaired) electrons. The van der Waals surface area contributed by atoms with Crippen LogP contribution in [0.5, 0.6) is 0 Å². The first-order chi connectivity index (χ1) is 5.24. The largest absolute Gasteiger partial charge is 0.393 e. The zero-order valence-corrected chi connectivity index (χ0v) is 7.46. The molecule has 0 heterocycles. The van der Waals surface area contributed by atoms with E-state index in [9.17, 15) is 5.11 Å². The van der Waals surface area contributed by atoms with Crippen LogP contribution in [0.15, 0.2) is 12.2 Å². The van der Waals surface area contributed by atoms with Gasteiger partial charge < -0.3 is 5.11 Å². The van der Waals surface area contributed by atoms with E-state index in [1.807, 2.05) is 6.92 Å². The molecule has 0 saturated carbocycles. The Morgan fingerprint density at radius 2 is 2.18 bits per heavy atom. The molecule has 0 aromatic carbocycles. The Morgan fingerprint density at radius 3 is 2.55 bits per heavy atom. The van der Waals surface area contributed by atoms with Crippen molar-refractivity contribution >= 4 is 0 Å². The summed E-state index contributed by atoms with van der Waals surface area (Å²) in [5.74, 6) is 1.18. The van der Waals surface area contributed by atoms with Crippen LogP contribution in [-0.2, 0) is 0 Å². The van der Waals surface area contributed by atoms with E-state index in [2.05, 4.69) is 19.1 Å². The molecular formula is C10H18O. The van der Waals surface area contributed by atoms with Crippen molar-refractivity contribution in [3.63, 3.8) is 0 Å². The van der Waals surface area contributed by atoms with Crippen LogP contribution in [0.25, 0.3) is 0 Å². The first kappa shape index (κ1) is 8.79. The van der Waals surface area contributed by atoms with Crippen molar-refractivity contribution in [3.05, 3.63) is 12.2 Å². The molecule has 1 aliphatic rings. The molecule has 1 nitrogen and oxygen atoms in total. The van der Waals surface area contributed by atoms with Gasteiger partial charge in [-0.15, -0.1) is 0 Å². The topological polar surface area (TPSA) is 20.2 Å². The Bertz CT molecular complexity index is 138.